The minimum atomic E-state index is -0.537. The third-order valence-corrected chi connectivity index (χ3v) is 7.82. The maximum Gasteiger partial charge on any atom is 0.279 e. The number of rotatable bonds is 5. The molecule has 3 aromatic rings. The minimum Gasteiger partial charge on any atom is -0.507 e. The van der Waals surface area contributed by atoms with Gasteiger partial charge in [-0.2, -0.15) is 0 Å². The Labute approximate surface area is 191 Å². The zero-order valence-electron chi connectivity index (χ0n) is 18.6. The van der Waals surface area contributed by atoms with Crippen molar-refractivity contribution in [3.8, 4) is 16.7 Å². The van der Waals surface area contributed by atoms with Gasteiger partial charge in [0, 0.05) is 0 Å². The number of allylic oxidation sites excluding steroid dienone is 3. The molecule has 0 radical (unpaired) electrons. The molecule has 1 N–H and O–H groups in total. The normalized spacial score (nSPS) is 20.4. The van der Waals surface area contributed by atoms with E-state index in [1.165, 1.54) is 11.3 Å². The van der Waals surface area contributed by atoms with Gasteiger partial charge in [-0.3, -0.25) is 4.79 Å². The molecule has 1 atom stereocenters. The third-order valence-electron chi connectivity index (χ3n) is 6.92. The van der Waals surface area contributed by atoms with Crippen molar-refractivity contribution < 1.29 is 19.4 Å². The van der Waals surface area contributed by atoms with Gasteiger partial charge < -0.3 is 14.6 Å². The third kappa shape index (κ3) is 3.05. The molecule has 1 heterocycles. The zero-order valence-corrected chi connectivity index (χ0v) is 19.4. The number of aromatic nitrogens is 1. The Bertz CT molecular complexity index is 1330. The van der Waals surface area contributed by atoms with Crippen molar-refractivity contribution in [1.82, 2.24) is 4.98 Å². The number of carbonyl (C=O) groups is 1. The van der Waals surface area contributed by atoms with Crippen LogP contribution >= 0.6 is 11.3 Å². The standard InChI is InChI=1S/C26H25NO4S/c1-5-15-6-7-17(31-25-27-20-9-8-16(30-4)13-21(20)32-25)12-19(15)22-23(28)18-10-11-26(3,14(18)2)24(22)29/h6-9,12-13,28H,5,10-11H2,1-4H3/t26-/m0/s1. The first-order chi connectivity index (χ1) is 15.4. The average molecular weight is 448 g/mol. The topological polar surface area (TPSA) is 68.7 Å². The summed E-state index contributed by atoms with van der Waals surface area (Å²) < 4.78 is 12.4. The van der Waals surface area contributed by atoms with E-state index in [9.17, 15) is 9.90 Å². The minimum absolute atomic E-state index is 0.00678. The number of hydrogen-bond donors (Lipinski definition) is 1. The van der Waals surface area contributed by atoms with Crippen LogP contribution in [0.5, 0.6) is 16.7 Å². The van der Waals surface area contributed by atoms with Gasteiger partial charge in [0.05, 0.1) is 28.3 Å². The van der Waals surface area contributed by atoms with Crippen LogP contribution in [0.4, 0.5) is 0 Å². The molecule has 2 aromatic carbocycles. The van der Waals surface area contributed by atoms with E-state index in [-0.39, 0.29) is 11.5 Å². The SMILES string of the molecule is CCc1ccc(Oc2nc3ccc(OC)cc3s2)cc1C1=C(O)C2=C(C)[C@](C)(CC2)C1=O. The van der Waals surface area contributed by atoms with Crippen molar-refractivity contribution in [2.24, 2.45) is 5.41 Å². The Balaban J connectivity index is 1.56. The molecule has 0 aliphatic heterocycles. The molecule has 0 unspecified atom stereocenters. The molecule has 2 aliphatic carbocycles. The van der Waals surface area contributed by atoms with Crippen molar-refractivity contribution in [3.63, 3.8) is 0 Å². The highest BCUT2D eigenvalue weighted by Gasteiger charge is 2.48. The number of methoxy groups -OCH3 is 1. The van der Waals surface area contributed by atoms with E-state index in [2.05, 4.69) is 4.98 Å². The first-order valence-corrected chi connectivity index (χ1v) is 11.6. The Morgan fingerprint density at radius 1 is 1.19 bits per heavy atom. The van der Waals surface area contributed by atoms with Crippen molar-refractivity contribution >= 4 is 32.9 Å². The lowest BCUT2D eigenvalue weighted by Gasteiger charge is -2.30. The molecule has 5 nitrogen and oxygen atoms in total. The summed E-state index contributed by atoms with van der Waals surface area (Å²) in [5, 5.41) is 11.6. The van der Waals surface area contributed by atoms with E-state index in [1.54, 1.807) is 7.11 Å². The van der Waals surface area contributed by atoms with Crippen molar-refractivity contribution in [3.05, 3.63) is 64.4 Å². The number of aliphatic hydroxyl groups excluding tert-OH is 1. The number of aryl methyl sites for hydroxylation is 1. The van der Waals surface area contributed by atoms with Gasteiger partial charge in [0.15, 0.2) is 5.78 Å². The van der Waals surface area contributed by atoms with Gasteiger partial charge in [-0.1, -0.05) is 29.9 Å². The summed E-state index contributed by atoms with van der Waals surface area (Å²) in [6.07, 6.45) is 2.22. The number of ketones is 1. The summed E-state index contributed by atoms with van der Waals surface area (Å²) in [5.41, 5.74) is 4.38. The lowest BCUT2D eigenvalue weighted by Crippen LogP contribution is -2.30. The second-order valence-electron chi connectivity index (χ2n) is 8.58. The first kappa shape index (κ1) is 20.8. The summed E-state index contributed by atoms with van der Waals surface area (Å²) in [4.78, 5) is 18.1. The molecule has 2 aliphatic rings. The van der Waals surface area contributed by atoms with E-state index in [0.29, 0.717) is 16.5 Å². The Hall–Kier alpha value is -3.12. The van der Waals surface area contributed by atoms with Crippen LogP contribution in [0.1, 0.15) is 44.7 Å². The Morgan fingerprint density at radius 2 is 1.97 bits per heavy atom. The van der Waals surface area contributed by atoms with E-state index < -0.39 is 5.41 Å². The fourth-order valence-electron chi connectivity index (χ4n) is 4.76. The second-order valence-corrected chi connectivity index (χ2v) is 9.57. The summed E-state index contributed by atoms with van der Waals surface area (Å²) in [5.74, 6) is 1.48. The highest BCUT2D eigenvalue weighted by atomic mass is 32.1. The molecule has 1 aromatic heterocycles. The molecule has 5 rings (SSSR count). The molecular formula is C26H25NO4S. The Morgan fingerprint density at radius 3 is 2.72 bits per heavy atom. The van der Waals surface area contributed by atoms with Crippen LogP contribution in [0.25, 0.3) is 15.8 Å². The highest BCUT2D eigenvalue weighted by molar-refractivity contribution is 7.20. The summed E-state index contributed by atoms with van der Waals surface area (Å²) in [6, 6.07) is 11.4. The lowest BCUT2D eigenvalue weighted by molar-refractivity contribution is -0.120. The molecule has 32 heavy (non-hydrogen) atoms. The van der Waals surface area contributed by atoms with E-state index in [4.69, 9.17) is 9.47 Å². The maximum atomic E-state index is 13.5. The Kier molecular flexibility index (Phi) is 4.86. The van der Waals surface area contributed by atoms with E-state index in [1.807, 2.05) is 57.2 Å². The number of carbonyl (C=O) groups excluding carboxylic acids is 1. The monoisotopic (exact) mass is 447 g/mol. The quantitative estimate of drug-likeness (QED) is 0.475. The number of nitrogens with zero attached hydrogens (tertiary/aromatic N) is 1. The van der Waals surface area contributed by atoms with Gasteiger partial charge in [-0.05, 0) is 80.1 Å². The summed E-state index contributed by atoms with van der Waals surface area (Å²) in [6.45, 7) is 6.01. The van der Waals surface area contributed by atoms with Gasteiger partial charge >= 0.3 is 0 Å². The molecule has 2 bridgehead atoms. The summed E-state index contributed by atoms with van der Waals surface area (Å²) in [7, 11) is 1.64. The van der Waals surface area contributed by atoms with Gasteiger partial charge in [0.25, 0.3) is 5.19 Å². The van der Waals surface area contributed by atoms with Gasteiger partial charge in [0.1, 0.15) is 17.3 Å². The molecule has 0 fully saturated rings. The second kappa shape index (κ2) is 7.48. The van der Waals surface area contributed by atoms with Crippen molar-refractivity contribution in [1.29, 1.82) is 0 Å². The number of ether oxygens (including phenoxy) is 2. The molecule has 0 amide bonds. The number of fused-ring (bicyclic) bond motifs is 2. The first-order valence-electron chi connectivity index (χ1n) is 10.8. The van der Waals surface area contributed by atoms with Crippen LogP contribution in [0.15, 0.2) is 53.3 Å². The number of hydrogen-bond acceptors (Lipinski definition) is 6. The lowest BCUT2D eigenvalue weighted by atomic mass is 9.72. The van der Waals surface area contributed by atoms with Crippen molar-refractivity contribution in [2.45, 2.75) is 40.0 Å². The van der Waals surface area contributed by atoms with Crippen LogP contribution in [0.3, 0.4) is 0 Å². The molecule has 0 saturated heterocycles. The number of aliphatic hydroxyl groups is 1. The zero-order chi connectivity index (χ0) is 22.6. The van der Waals surface area contributed by atoms with Crippen LogP contribution in [0.2, 0.25) is 0 Å². The average Bonchev–Trinajstić information content (AvgIpc) is 3.30. The maximum absolute atomic E-state index is 13.5. The van der Waals surface area contributed by atoms with Gasteiger partial charge in [-0.25, -0.2) is 4.98 Å². The fourth-order valence-corrected chi connectivity index (χ4v) is 5.63. The van der Waals surface area contributed by atoms with E-state index in [0.717, 1.165) is 57.5 Å². The van der Waals surface area contributed by atoms with Gasteiger partial charge in [0.2, 0.25) is 0 Å². The van der Waals surface area contributed by atoms with Gasteiger partial charge in [-0.15, -0.1) is 0 Å². The predicted molar refractivity (Wildman–Crippen MR) is 127 cm³/mol. The number of benzene rings is 2. The van der Waals surface area contributed by atoms with Crippen LogP contribution < -0.4 is 9.47 Å². The van der Waals surface area contributed by atoms with Crippen LogP contribution in [-0.2, 0) is 11.2 Å². The van der Waals surface area contributed by atoms with E-state index >= 15 is 0 Å². The highest BCUT2D eigenvalue weighted by Crippen LogP contribution is 2.53. The molecule has 164 valence electrons. The van der Waals surface area contributed by atoms with Crippen LogP contribution in [-0.4, -0.2) is 23.0 Å². The molecule has 6 heteroatoms. The number of thiazole rings is 1. The molecule has 0 spiro atoms. The van der Waals surface area contributed by atoms with Crippen LogP contribution in [0, 0.1) is 5.41 Å². The number of Topliss-reactive ketones (excluding diaryl/α,β-unsaturated/α-hetero) is 1. The smallest absolute Gasteiger partial charge is 0.279 e. The van der Waals surface area contributed by atoms with Crippen molar-refractivity contribution in [2.75, 3.05) is 7.11 Å². The fraction of sp³-hybridized carbons (Fsp3) is 0.308. The largest absolute Gasteiger partial charge is 0.507 e. The molecule has 0 saturated carbocycles. The molecular weight excluding hydrogens is 422 g/mol. The predicted octanol–water partition coefficient (Wildman–Crippen LogP) is 6.63. The summed E-state index contributed by atoms with van der Waals surface area (Å²) >= 11 is 1.44.